The Morgan fingerprint density at radius 3 is 2.48 bits per heavy atom. The van der Waals surface area contributed by atoms with Crippen LogP contribution in [0.25, 0.3) is 21.7 Å². The molecule has 0 unspecified atom stereocenters. The SMILES string of the molecule is CCCCNC(=O)Nc1ccc2c(c1)c(Cl)c(CSc1ccc3ccccc3c1)n2Cc1ccc(C(=O)O)cc1. The molecule has 4 aromatic carbocycles. The standard InChI is InChI=1S/C32H30ClN3O3S/c1-2-3-16-34-32(39)35-25-13-15-28-27(18-25)30(33)29(36(28)19-21-8-10-23(11-9-21)31(37)38)20-40-26-14-12-22-6-4-5-7-24(22)17-26/h4-15,17-18H,2-3,16,19-20H2,1H3,(H,37,38)(H2,34,35,39). The van der Waals surface area contributed by atoms with Crippen molar-refractivity contribution in [3.8, 4) is 0 Å². The van der Waals surface area contributed by atoms with Crippen LogP contribution in [0.2, 0.25) is 5.02 Å². The molecule has 0 atom stereocenters. The predicted octanol–water partition coefficient (Wildman–Crippen LogP) is 8.41. The minimum atomic E-state index is -0.952. The highest BCUT2D eigenvalue weighted by Gasteiger charge is 2.18. The van der Waals surface area contributed by atoms with Gasteiger partial charge in [0, 0.05) is 40.5 Å². The highest BCUT2D eigenvalue weighted by atomic mass is 35.5. The van der Waals surface area contributed by atoms with E-state index in [9.17, 15) is 14.7 Å². The number of aromatic carboxylic acids is 1. The molecular weight excluding hydrogens is 542 g/mol. The normalized spacial score (nSPS) is 11.2. The number of amides is 2. The zero-order valence-corrected chi connectivity index (χ0v) is 23.7. The highest BCUT2D eigenvalue weighted by molar-refractivity contribution is 7.98. The van der Waals surface area contributed by atoms with E-state index in [0.29, 0.717) is 29.6 Å². The zero-order chi connectivity index (χ0) is 28.1. The summed E-state index contributed by atoms with van der Waals surface area (Å²) >= 11 is 8.74. The molecule has 3 N–H and O–H groups in total. The number of unbranched alkanes of at least 4 members (excludes halogenated alkanes) is 1. The van der Waals surface area contributed by atoms with Gasteiger partial charge in [-0.05, 0) is 65.2 Å². The number of aromatic nitrogens is 1. The Bertz CT molecular complexity index is 1680. The highest BCUT2D eigenvalue weighted by Crippen LogP contribution is 2.37. The quantitative estimate of drug-likeness (QED) is 0.116. The number of anilines is 1. The number of benzene rings is 4. The molecule has 2 amide bonds. The van der Waals surface area contributed by atoms with Crippen molar-refractivity contribution in [2.24, 2.45) is 0 Å². The first-order valence-electron chi connectivity index (χ1n) is 13.2. The van der Waals surface area contributed by atoms with Crippen molar-refractivity contribution in [2.75, 3.05) is 11.9 Å². The third-order valence-electron chi connectivity index (χ3n) is 6.81. The number of carbonyl (C=O) groups is 2. The van der Waals surface area contributed by atoms with Gasteiger partial charge >= 0.3 is 12.0 Å². The first-order chi connectivity index (χ1) is 19.4. The molecule has 40 heavy (non-hydrogen) atoms. The number of urea groups is 1. The van der Waals surface area contributed by atoms with Gasteiger partial charge in [0.15, 0.2) is 0 Å². The first-order valence-corrected chi connectivity index (χ1v) is 14.6. The number of hydrogen-bond donors (Lipinski definition) is 3. The second-order valence-corrected chi connectivity index (χ2v) is 11.0. The van der Waals surface area contributed by atoms with Crippen LogP contribution in [0.15, 0.2) is 89.8 Å². The zero-order valence-electron chi connectivity index (χ0n) is 22.1. The number of carboxylic acid groups (broad SMARTS) is 1. The maximum absolute atomic E-state index is 12.3. The van der Waals surface area contributed by atoms with E-state index in [1.807, 2.05) is 42.5 Å². The van der Waals surface area contributed by atoms with Crippen LogP contribution < -0.4 is 10.6 Å². The number of halogens is 1. The second kappa shape index (κ2) is 12.5. The minimum absolute atomic E-state index is 0.242. The van der Waals surface area contributed by atoms with Gasteiger partial charge in [0.2, 0.25) is 0 Å². The second-order valence-electron chi connectivity index (χ2n) is 9.61. The molecule has 5 rings (SSSR count). The Morgan fingerprint density at radius 2 is 1.73 bits per heavy atom. The summed E-state index contributed by atoms with van der Waals surface area (Å²) in [6.07, 6.45) is 1.93. The third-order valence-corrected chi connectivity index (χ3v) is 8.24. The Kier molecular flexibility index (Phi) is 8.63. The molecule has 0 spiro atoms. The van der Waals surface area contributed by atoms with Gasteiger partial charge in [-0.3, -0.25) is 0 Å². The lowest BCUT2D eigenvalue weighted by molar-refractivity contribution is 0.0697. The fourth-order valence-electron chi connectivity index (χ4n) is 4.66. The maximum Gasteiger partial charge on any atom is 0.335 e. The van der Waals surface area contributed by atoms with Crippen LogP contribution >= 0.6 is 23.4 Å². The van der Waals surface area contributed by atoms with Crippen molar-refractivity contribution >= 4 is 62.7 Å². The van der Waals surface area contributed by atoms with Gasteiger partial charge in [0.25, 0.3) is 0 Å². The smallest absolute Gasteiger partial charge is 0.335 e. The molecule has 0 aliphatic carbocycles. The van der Waals surface area contributed by atoms with E-state index >= 15 is 0 Å². The Hall–Kier alpha value is -3.94. The molecule has 0 radical (unpaired) electrons. The molecule has 0 fully saturated rings. The lowest BCUT2D eigenvalue weighted by atomic mass is 10.1. The van der Waals surface area contributed by atoms with Crippen LogP contribution in [0, 0.1) is 0 Å². The van der Waals surface area contributed by atoms with Crippen LogP contribution in [-0.2, 0) is 12.3 Å². The fourth-order valence-corrected chi connectivity index (χ4v) is 6.04. The average Bonchev–Trinajstić information content (AvgIpc) is 3.21. The number of carboxylic acids is 1. The van der Waals surface area contributed by atoms with Crippen LogP contribution in [0.1, 0.15) is 41.4 Å². The van der Waals surface area contributed by atoms with E-state index < -0.39 is 5.97 Å². The minimum Gasteiger partial charge on any atom is -0.478 e. The molecule has 204 valence electrons. The number of hydrogen-bond acceptors (Lipinski definition) is 3. The van der Waals surface area contributed by atoms with Gasteiger partial charge in [-0.2, -0.15) is 0 Å². The van der Waals surface area contributed by atoms with Crippen molar-refractivity contribution in [3.05, 3.63) is 107 Å². The van der Waals surface area contributed by atoms with Gasteiger partial charge < -0.3 is 20.3 Å². The van der Waals surface area contributed by atoms with E-state index in [1.165, 1.54) is 10.8 Å². The Balaban J connectivity index is 1.47. The summed E-state index contributed by atoms with van der Waals surface area (Å²) < 4.78 is 2.17. The van der Waals surface area contributed by atoms with Gasteiger partial charge in [-0.1, -0.05) is 67.4 Å². The summed E-state index contributed by atoms with van der Waals surface area (Å²) in [6.45, 7) is 3.23. The van der Waals surface area contributed by atoms with Crippen LogP contribution in [0.4, 0.5) is 10.5 Å². The van der Waals surface area contributed by atoms with Crippen molar-refractivity contribution in [1.29, 1.82) is 0 Å². The number of rotatable bonds is 10. The molecule has 8 heteroatoms. The van der Waals surface area contributed by atoms with Crippen LogP contribution in [-0.4, -0.2) is 28.2 Å². The number of nitrogens with zero attached hydrogens (tertiary/aromatic N) is 1. The molecule has 0 saturated heterocycles. The average molecular weight is 572 g/mol. The van der Waals surface area contributed by atoms with E-state index in [4.69, 9.17) is 11.6 Å². The predicted molar refractivity (Wildman–Crippen MR) is 165 cm³/mol. The summed E-state index contributed by atoms with van der Waals surface area (Å²) in [6, 6.07) is 27.1. The molecule has 0 saturated carbocycles. The van der Waals surface area contributed by atoms with Gasteiger partial charge in [-0.15, -0.1) is 11.8 Å². The van der Waals surface area contributed by atoms with Crippen molar-refractivity contribution < 1.29 is 14.7 Å². The van der Waals surface area contributed by atoms with Crippen molar-refractivity contribution in [2.45, 2.75) is 37.0 Å². The number of nitrogens with one attached hydrogen (secondary N) is 2. The summed E-state index contributed by atoms with van der Waals surface area (Å²) in [5.74, 6) is -0.313. The van der Waals surface area contributed by atoms with Gasteiger partial charge in [0.05, 0.1) is 16.1 Å². The number of fused-ring (bicyclic) bond motifs is 2. The summed E-state index contributed by atoms with van der Waals surface area (Å²) in [4.78, 5) is 24.8. The number of carbonyl (C=O) groups excluding carboxylic acids is 1. The molecule has 1 aromatic heterocycles. The summed E-state index contributed by atoms with van der Waals surface area (Å²) in [5.41, 5.74) is 3.78. The molecule has 0 aliphatic rings. The molecule has 0 aliphatic heterocycles. The Morgan fingerprint density at radius 1 is 0.950 bits per heavy atom. The fraction of sp³-hybridized carbons (Fsp3) is 0.188. The van der Waals surface area contributed by atoms with E-state index in [0.717, 1.165) is 39.9 Å². The lowest BCUT2D eigenvalue weighted by Crippen LogP contribution is -2.29. The van der Waals surface area contributed by atoms with Crippen molar-refractivity contribution in [3.63, 3.8) is 0 Å². The molecule has 5 aromatic rings. The monoisotopic (exact) mass is 571 g/mol. The van der Waals surface area contributed by atoms with Crippen molar-refractivity contribution in [1.82, 2.24) is 9.88 Å². The van der Waals surface area contributed by atoms with Crippen LogP contribution in [0.3, 0.4) is 0 Å². The molecule has 0 bridgehead atoms. The topological polar surface area (TPSA) is 83.4 Å². The lowest BCUT2D eigenvalue weighted by Gasteiger charge is -2.12. The summed E-state index contributed by atoms with van der Waals surface area (Å²) in [7, 11) is 0. The number of thioether (sulfide) groups is 1. The van der Waals surface area contributed by atoms with Gasteiger partial charge in [-0.25, -0.2) is 9.59 Å². The van der Waals surface area contributed by atoms with E-state index in [1.54, 1.807) is 23.9 Å². The van der Waals surface area contributed by atoms with E-state index in [2.05, 4.69) is 52.5 Å². The Labute approximate surface area is 242 Å². The molecular formula is C32H30ClN3O3S. The first kappa shape index (κ1) is 27.6. The largest absolute Gasteiger partial charge is 0.478 e. The molecule has 6 nitrogen and oxygen atoms in total. The third kappa shape index (κ3) is 6.27. The van der Waals surface area contributed by atoms with Crippen LogP contribution in [0.5, 0.6) is 0 Å². The molecule has 1 heterocycles. The maximum atomic E-state index is 12.3. The summed E-state index contributed by atoms with van der Waals surface area (Å²) in [5, 5.41) is 18.9. The van der Waals surface area contributed by atoms with E-state index in [-0.39, 0.29) is 11.6 Å². The van der Waals surface area contributed by atoms with Gasteiger partial charge in [0.1, 0.15) is 0 Å².